The topological polar surface area (TPSA) is 116 Å². The Balaban J connectivity index is 2.20. The van der Waals surface area contributed by atoms with Gasteiger partial charge < -0.3 is 15.5 Å². The van der Waals surface area contributed by atoms with Crippen molar-refractivity contribution in [3.05, 3.63) is 23.8 Å². The molecule has 0 radical (unpaired) electrons. The van der Waals surface area contributed by atoms with Crippen molar-refractivity contribution in [1.82, 2.24) is 4.72 Å². The minimum absolute atomic E-state index is 0.0504. The summed E-state index contributed by atoms with van der Waals surface area (Å²) in [4.78, 5) is 11.4. The van der Waals surface area contributed by atoms with E-state index in [1.807, 2.05) is 0 Å². The Morgan fingerprint density at radius 3 is 2.54 bits per heavy atom. The Labute approximate surface area is 142 Å². The molecule has 0 amide bonds. The molecule has 0 spiro atoms. The molecule has 0 aliphatic heterocycles. The fraction of sp³-hybridized carbons (Fsp3) is 0.562. The number of sulfonamides is 1. The van der Waals surface area contributed by atoms with Crippen molar-refractivity contribution in [2.45, 2.75) is 49.5 Å². The molecule has 1 aliphatic carbocycles. The smallest absolute Gasteiger partial charge is 0.337 e. The number of aliphatic hydroxyl groups is 1. The first-order valence-corrected chi connectivity index (χ1v) is 9.67. The predicted octanol–water partition coefficient (Wildman–Crippen LogP) is 1.79. The summed E-state index contributed by atoms with van der Waals surface area (Å²) in [6, 6.07) is 4.31. The molecule has 2 rings (SSSR count). The number of aromatic carboxylic acids is 1. The molecule has 0 unspecified atom stereocenters. The van der Waals surface area contributed by atoms with Gasteiger partial charge in [-0.1, -0.05) is 19.3 Å². The average molecular weight is 356 g/mol. The predicted molar refractivity (Wildman–Crippen MR) is 90.8 cm³/mol. The molecule has 1 fully saturated rings. The van der Waals surface area contributed by atoms with E-state index in [-0.39, 0.29) is 29.7 Å². The van der Waals surface area contributed by atoms with E-state index in [4.69, 9.17) is 5.11 Å². The highest BCUT2D eigenvalue weighted by Gasteiger charge is 2.21. The van der Waals surface area contributed by atoms with Gasteiger partial charge in [-0.05, 0) is 37.5 Å². The van der Waals surface area contributed by atoms with Crippen LogP contribution in [0.1, 0.15) is 48.9 Å². The maximum Gasteiger partial charge on any atom is 0.337 e. The summed E-state index contributed by atoms with van der Waals surface area (Å²) in [6.07, 6.45) is 5.69. The van der Waals surface area contributed by atoms with Gasteiger partial charge in [0, 0.05) is 24.9 Å². The standard InChI is InChI=1S/C16H24N2O5S/c19-10-4-9-17-24(22,23)13-7-8-15(14(11-13)16(20)21)18-12-5-2-1-3-6-12/h7-8,11-12,17-19H,1-6,9-10H2,(H,20,21). The van der Waals surface area contributed by atoms with Crippen molar-refractivity contribution >= 4 is 21.7 Å². The van der Waals surface area contributed by atoms with Crippen LogP contribution in [0.15, 0.2) is 23.1 Å². The van der Waals surface area contributed by atoms with Crippen molar-refractivity contribution in [3.63, 3.8) is 0 Å². The lowest BCUT2D eigenvalue weighted by Gasteiger charge is -2.24. The number of anilines is 1. The summed E-state index contributed by atoms with van der Waals surface area (Å²) in [6.45, 7) is -0.0174. The van der Waals surface area contributed by atoms with Crippen LogP contribution in [0.5, 0.6) is 0 Å². The molecule has 134 valence electrons. The minimum Gasteiger partial charge on any atom is -0.478 e. The van der Waals surface area contributed by atoms with Crippen molar-refractivity contribution in [2.24, 2.45) is 0 Å². The Morgan fingerprint density at radius 2 is 1.92 bits per heavy atom. The lowest BCUT2D eigenvalue weighted by Crippen LogP contribution is -2.26. The van der Waals surface area contributed by atoms with Gasteiger partial charge in [-0.25, -0.2) is 17.9 Å². The van der Waals surface area contributed by atoms with Gasteiger partial charge in [0.25, 0.3) is 0 Å². The number of carbonyl (C=O) groups is 1. The number of hydrogen-bond acceptors (Lipinski definition) is 5. The SMILES string of the molecule is O=C(O)c1cc(S(=O)(=O)NCCCO)ccc1NC1CCCCC1. The van der Waals surface area contributed by atoms with Crippen LogP contribution in [0, 0.1) is 0 Å². The third-order valence-electron chi connectivity index (χ3n) is 4.12. The van der Waals surface area contributed by atoms with Gasteiger partial charge in [0.1, 0.15) is 0 Å². The van der Waals surface area contributed by atoms with Gasteiger partial charge in [-0.3, -0.25) is 0 Å². The molecule has 0 atom stereocenters. The normalized spacial score (nSPS) is 16.0. The van der Waals surface area contributed by atoms with E-state index in [0.717, 1.165) is 25.7 Å². The Hall–Kier alpha value is -1.64. The van der Waals surface area contributed by atoms with Gasteiger partial charge in [0.05, 0.1) is 10.5 Å². The van der Waals surface area contributed by atoms with Crippen LogP contribution in [0.3, 0.4) is 0 Å². The summed E-state index contributed by atoms with van der Waals surface area (Å²) < 4.78 is 26.7. The molecular weight excluding hydrogens is 332 g/mol. The van der Waals surface area contributed by atoms with Gasteiger partial charge >= 0.3 is 5.97 Å². The van der Waals surface area contributed by atoms with Crippen molar-refractivity contribution < 1.29 is 23.4 Å². The largest absolute Gasteiger partial charge is 0.478 e. The second kappa shape index (κ2) is 8.46. The molecule has 0 aromatic heterocycles. The first-order chi connectivity index (χ1) is 11.4. The third-order valence-corrected chi connectivity index (χ3v) is 5.58. The quantitative estimate of drug-likeness (QED) is 0.528. The third kappa shape index (κ3) is 4.93. The minimum atomic E-state index is -3.79. The van der Waals surface area contributed by atoms with Crippen LogP contribution in [-0.4, -0.2) is 43.8 Å². The number of benzene rings is 1. The number of nitrogens with one attached hydrogen (secondary N) is 2. The molecule has 1 aliphatic rings. The van der Waals surface area contributed by atoms with E-state index in [1.165, 1.54) is 24.6 Å². The zero-order valence-corrected chi connectivity index (χ0v) is 14.3. The Morgan fingerprint density at radius 1 is 1.21 bits per heavy atom. The summed E-state index contributed by atoms with van der Waals surface area (Å²) >= 11 is 0. The fourth-order valence-corrected chi connectivity index (χ4v) is 3.93. The Kier molecular flexibility index (Phi) is 6.59. The molecule has 0 saturated heterocycles. The summed E-state index contributed by atoms with van der Waals surface area (Å²) in [5.41, 5.74) is 0.398. The van der Waals surface area contributed by atoms with Crippen LogP contribution in [0.4, 0.5) is 5.69 Å². The van der Waals surface area contributed by atoms with Crippen LogP contribution < -0.4 is 10.0 Å². The lowest BCUT2D eigenvalue weighted by molar-refractivity contribution is 0.0697. The van der Waals surface area contributed by atoms with Crippen molar-refractivity contribution in [3.8, 4) is 0 Å². The first kappa shape index (κ1) is 18.7. The summed E-state index contributed by atoms with van der Waals surface area (Å²) in [5, 5.41) is 21.4. The number of hydrogen-bond donors (Lipinski definition) is 4. The number of aliphatic hydroxyl groups excluding tert-OH is 1. The monoisotopic (exact) mass is 356 g/mol. The van der Waals surface area contributed by atoms with E-state index in [9.17, 15) is 18.3 Å². The molecule has 4 N–H and O–H groups in total. The summed E-state index contributed by atoms with van der Waals surface area (Å²) in [5.74, 6) is -1.17. The highest BCUT2D eigenvalue weighted by Crippen LogP contribution is 2.26. The molecule has 24 heavy (non-hydrogen) atoms. The maximum atomic E-state index is 12.2. The van der Waals surface area contributed by atoms with E-state index >= 15 is 0 Å². The van der Waals surface area contributed by atoms with E-state index in [1.54, 1.807) is 0 Å². The first-order valence-electron chi connectivity index (χ1n) is 8.18. The molecule has 0 heterocycles. The Bertz CT molecular complexity index is 669. The number of carboxylic acids is 1. The van der Waals surface area contributed by atoms with Gasteiger partial charge in [0.15, 0.2) is 0 Å². The van der Waals surface area contributed by atoms with Crippen LogP contribution >= 0.6 is 0 Å². The zero-order valence-electron chi connectivity index (χ0n) is 13.5. The number of rotatable bonds is 8. The molecule has 8 heteroatoms. The highest BCUT2D eigenvalue weighted by molar-refractivity contribution is 7.89. The highest BCUT2D eigenvalue weighted by atomic mass is 32.2. The van der Waals surface area contributed by atoms with Crippen LogP contribution in [0.2, 0.25) is 0 Å². The number of carboxylic acid groups (broad SMARTS) is 1. The second-order valence-electron chi connectivity index (χ2n) is 5.97. The van der Waals surface area contributed by atoms with E-state index in [0.29, 0.717) is 12.1 Å². The maximum absolute atomic E-state index is 12.2. The van der Waals surface area contributed by atoms with E-state index in [2.05, 4.69) is 10.0 Å². The van der Waals surface area contributed by atoms with Crippen molar-refractivity contribution in [1.29, 1.82) is 0 Å². The zero-order chi connectivity index (χ0) is 17.6. The molecule has 1 aromatic rings. The summed E-state index contributed by atoms with van der Waals surface area (Å²) in [7, 11) is -3.79. The van der Waals surface area contributed by atoms with Gasteiger partial charge in [-0.2, -0.15) is 0 Å². The average Bonchev–Trinajstić information content (AvgIpc) is 2.56. The lowest BCUT2D eigenvalue weighted by atomic mass is 9.95. The molecular formula is C16H24N2O5S. The van der Waals surface area contributed by atoms with Gasteiger partial charge in [0.2, 0.25) is 10.0 Å². The van der Waals surface area contributed by atoms with Crippen LogP contribution in [0.25, 0.3) is 0 Å². The van der Waals surface area contributed by atoms with Gasteiger partial charge in [-0.15, -0.1) is 0 Å². The van der Waals surface area contributed by atoms with E-state index < -0.39 is 16.0 Å². The van der Waals surface area contributed by atoms with Crippen LogP contribution in [-0.2, 0) is 10.0 Å². The second-order valence-corrected chi connectivity index (χ2v) is 7.73. The molecule has 7 nitrogen and oxygen atoms in total. The molecule has 1 aromatic carbocycles. The molecule has 1 saturated carbocycles. The fourth-order valence-electron chi connectivity index (χ4n) is 2.83. The van der Waals surface area contributed by atoms with Crippen molar-refractivity contribution in [2.75, 3.05) is 18.5 Å². The molecule has 0 bridgehead atoms.